The fourth-order valence-corrected chi connectivity index (χ4v) is 6.99. The van der Waals surface area contributed by atoms with Gasteiger partial charge < -0.3 is 29.9 Å². The van der Waals surface area contributed by atoms with Gasteiger partial charge in [-0.2, -0.15) is 0 Å². The van der Waals surface area contributed by atoms with Crippen molar-refractivity contribution < 1.29 is 17.1 Å². The molecular formula is C66H102CuN8. The van der Waals surface area contributed by atoms with E-state index in [1.807, 2.05) is 152 Å². The summed E-state index contributed by atoms with van der Waals surface area (Å²) < 4.78 is 0. The van der Waals surface area contributed by atoms with Gasteiger partial charge in [0.15, 0.2) is 0 Å². The summed E-state index contributed by atoms with van der Waals surface area (Å²) in [6.45, 7) is 38.1. The van der Waals surface area contributed by atoms with Crippen molar-refractivity contribution in [3.63, 3.8) is 0 Å². The van der Waals surface area contributed by atoms with Crippen LogP contribution in [0.15, 0.2) is 97.1 Å². The minimum atomic E-state index is 0. The van der Waals surface area contributed by atoms with Gasteiger partial charge in [0.2, 0.25) is 0 Å². The molecule has 0 atom stereocenters. The van der Waals surface area contributed by atoms with Gasteiger partial charge in [0.1, 0.15) is 0 Å². The molecule has 1 radical (unpaired) electrons. The van der Waals surface area contributed by atoms with E-state index in [0.29, 0.717) is 45.9 Å². The second kappa shape index (κ2) is 46.1. The first kappa shape index (κ1) is 71.8. The fourth-order valence-electron chi connectivity index (χ4n) is 6.99. The average molecular weight is 1070 g/mol. The van der Waals surface area contributed by atoms with Gasteiger partial charge in [-0.05, 0) is 21.5 Å². The van der Waals surface area contributed by atoms with E-state index in [9.17, 15) is 0 Å². The second-order valence-corrected chi connectivity index (χ2v) is 16.8. The fraction of sp³-hybridized carbons (Fsp3) is 0.515. The molecule has 2 aliphatic heterocycles. The van der Waals surface area contributed by atoms with Crippen LogP contribution in [-0.4, -0.2) is 29.9 Å². The topological polar surface area (TPSA) is 106 Å². The maximum Gasteiger partial charge on any atom is 2.00 e. The van der Waals surface area contributed by atoms with E-state index in [2.05, 4.69) is 69.2 Å². The molecule has 9 rings (SSSR count). The Bertz CT molecular complexity index is 2310. The Kier molecular flexibility index (Phi) is 44.1. The minimum absolute atomic E-state index is 0. The molecule has 0 aliphatic carbocycles. The van der Waals surface area contributed by atoms with E-state index in [-0.39, 0.29) is 17.1 Å². The van der Waals surface area contributed by atoms with Gasteiger partial charge in [0, 0.05) is 44.8 Å². The quantitative estimate of drug-likeness (QED) is 0.0932. The van der Waals surface area contributed by atoms with Crippen LogP contribution in [0.1, 0.15) is 227 Å². The van der Waals surface area contributed by atoms with Gasteiger partial charge in [-0.25, -0.2) is 9.97 Å². The van der Waals surface area contributed by atoms with Crippen molar-refractivity contribution in [1.29, 1.82) is 0 Å². The SMILES string of the molecule is CC.CC.CC.CC.CCCC.CCCC.CCCCC.CCCCCC.CCCCCCC.[Cu+2].c1ccc2c(c1)-c1nc-2nc2[n-]c(nc3nc(nc4[n-]c(n1)c1ccccc41)-c1ccccc1-3)c1ccccc21. The Labute approximate surface area is 468 Å². The Morgan fingerprint density at radius 1 is 0.253 bits per heavy atom. The molecule has 0 unspecified atom stereocenters. The number of hydrogen-bond donors (Lipinski definition) is 0. The molecule has 8 bridgehead atoms. The smallest absolute Gasteiger partial charge is 0.357 e. The molecule has 4 aromatic carbocycles. The molecule has 0 saturated carbocycles. The number of unbranched alkanes of at least 4 members (excludes halogenated alkanes) is 11. The molecule has 3 aromatic heterocycles. The number of nitrogens with zero attached hydrogens (tertiary/aromatic N) is 8. The molecular weight excluding hydrogens is 968 g/mol. The van der Waals surface area contributed by atoms with E-state index in [0.717, 1.165) is 43.8 Å². The summed E-state index contributed by atoms with van der Waals surface area (Å²) in [4.78, 5) is 39.3. The molecule has 0 saturated heterocycles. The summed E-state index contributed by atoms with van der Waals surface area (Å²) in [6, 6.07) is 31.8. The first-order valence-electron chi connectivity index (χ1n) is 29.5. The molecule has 0 fully saturated rings. The molecule has 7 aromatic rings. The maximum absolute atomic E-state index is 4.95. The number of benzene rings is 4. The predicted octanol–water partition coefficient (Wildman–Crippen LogP) is 21.6. The van der Waals surface area contributed by atoms with Crippen LogP contribution in [-0.2, 0) is 17.1 Å². The van der Waals surface area contributed by atoms with Crippen molar-refractivity contribution in [2.24, 2.45) is 0 Å². The molecule has 0 N–H and O–H groups in total. The third kappa shape index (κ3) is 23.7. The molecule has 8 nitrogen and oxygen atoms in total. The van der Waals surface area contributed by atoms with Crippen molar-refractivity contribution in [3.8, 4) is 45.6 Å². The summed E-state index contributed by atoms with van der Waals surface area (Å²) >= 11 is 0. The van der Waals surface area contributed by atoms with Crippen molar-refractivity contribution in [1.82, 2.24) is 39.9 Å². The van der Waals surface area contributed by atoms with Gasteiger partial charge in [-0.3, -0.25) is 0 Å². The largest absolute Gasteiger partial charge is 2.00 e. The van der Waals surface area contributed by atoms with Crippen LogP contribution in [0.2, 0.25) is 0 Å². The summed E-state index contributed by atoms with van der Waals surface area (Å²) in [5.74, 6) is 2.21. The molecule has 417 valence electrons. The number of aromatic nitrogens is 8. The number of hydrogen-bond acceptors (Lipinski definition) is 6. The van der Waals surface area contributed by atoms with Gasteiger partial charge in [-0.1, -0.05) is 324 Å². The third-order valence-corrected chi connectivity index (χ3v) is 11.2. The van der Waals surface area contributed by atoms with Crippen LogP contribution in [0.4, 0.5) is 0 Å². The summed E-state index contributed by atoms with van der Waals surface area (Å²) in [5.41, 5.74) is 5.78. The zero-order chi connectivity index (χ0) is 55.5. The Morgan fingerprint density at radius 2 is 0.453 bits per heavy atom. The summed E-state index contributed by atoms with van der Waals surface area (Å²) in [5, 5.41) is 3.57. The molecule has 75 heavy (non-hydrogen) atoms. The van der Waals surface area contributed by atoms with Crippen LogP contribution in [0, 0.1) is 0 Å². The molecule has 5 heterocycles. The van der Waals surface area contributed by atoms with E-state index in [1.54, 1.807) is 0 Å². The minimum Gasteiger partial charge on any atom is -0.357 e. The van der Waals surface area contributed by atoms with Crippen LogP contribution < -0.4 is 9.97 Å². The Morgan fingerprint density at radius 3 is 0.640 bits per heavy atom. The normalized spacial score (nSPS) is 9.68. The average Bonchev–Trinajstić information content (AvgIpc) is 4.22. The maximum atomic E-state index is 4.95. The van der Waals surface area contributed by atoms with Crippen molar-refractivity contribution >= 4 is 44.1 Å². The van der Waals surface area contributed by atoms with Gasteiger partial charge >= 0.3 is 17.1 Å². The zero-order valence-electron chi connectivity index (χ0n) is 50.4. The van der Waals surface area contributed by atoms with E-state index in [1.165, 1.54) is 103 Å². The molecule has 2 aliphatic rings. The molecule has 9 heteroatoms. The van der Waals surface area contributed by atoms with Crippen LogP contribution in [0.5, 0.6) is 0 Å². The monoisotopic (exact) mass is 1070 g/mol. The Hall–Kier alpha value is -5.24. The van der Waals surface area contributed by atoms with Crippen molar-refractivity contribution in [2.45, 2.75) is 227 Å². The second-order valence-electron chi connectivity index (χ2n) is 16.8. The summed E-state index contributed by atoms with van der Waals surface area (Å²) in [6.07, 6.45) is 21.9. The van der Waals surface area contributed by atoms with E-state index < -0.39 is 0 Å². The number of fused-ring (bicyclic) bond motifs is 20. The first-order chi connectivity index (χ1) is 36.4. The van der Waals surface area contributed by atoms with Crippen LogP contribution >= 0.6 is 0 Å². The van der Waals surface area contributed by atoms with E-state index in [4.69, 9.17) is 39.9 Å². The first-order valence-corrected chi connectivity index (χ1v) is 29.5. The zero-order valence-corrected chi connectivity index (χ0v) is 51.4. The van der Waals surface area contributed by atoms with E-state index >= 15 is 0 Å². The van der Waals surface area contributed by atoms with Gasteiger partial charge in [0.25, 0.3) is 0 Å². The Balaban J connectivity index is 0. The third-order valence-electron chi connectivity index (χ3n) is 11.2. The summed E-state index contributed by atoms with van der Waals surface area (Å²) in [7, 11) is 0. The number of rotatable bonds is 11. The van der Waals surface area contributed by atoms with Crippen molar-refractivity contribution in [3.05, 3.63) is 97.1 Å². The standard InChI is InChI=1S/C32H16N8.C7H16.C6H14.C5H12.2C4H10.4C2H6.Cu/c1-2-10-18-17(9-1)25-33-26(18)38-28-21-13-5-6-14-22(21)30(35-28)40-32-24-16-8-7-15-23(24)31(36-32)39-29-20-12-4-3-11-19(20)27(34-29)37-25;1-3-5-7-6-4-2;1-3-5-6-4-2;1-3-5-4-2;2*1-3-4-2;4*1-2;/h1-16H;3-7H2,1-2H3;3-6H2,1-2H3;3-5H2,1-2H3;2*3-4H2,1-2H3;4*1-2H3;/q-2;;;;;;;;;;+2. The molecule has 0 spiro atoms. The van der Waals surface area contributed by atoms with Crippen LogP contribution in [0.3, 0.4) is 0 Å². The van der Waals surface area contributed by atoms with Gasteiger partial charge in [-0.15, -0.1) is 0 Å². The predicted molar refractivity (Wildman–Crippen MR) is 330 cm³/mol. The molecule has 0 amide bonds. The van der Waals surface area contributed by atoms with Gasteiger partial charge in [0.05, 0.1) is 23.3 Å². The van der Waals surface area contributed by atoms with Crippen LogP contribution in [0.25, 0.3) is 89.7 Å². The van der Waals surface area contributed by atoms with Crippen molar-refractivity contribution in [2.75, 3.05) is 0 Å².